The van der Waals surface area contributed by atoms with Crippen LogP contribution < -0.4 is 0 Å². The maximum absolute atomic E-state index is 13.0. The smallest absolute Gasteiger partial charge is 0.274 e. The van der Waals surface area contributed by atoms with Gasteiger partial charge in [0.15, 0.2) is 5.69 Å². The van der Waals surface area contributed by atoms with E-state index in [1.54, 1.807) is 11.3 Å². The van der Waals surface area contributed by atoms with Gasteiger partial charge in [0, 0.05) is 17.1 Å². The minimum Gasteiger partial charge on any atom is -0.329 e. The van der Waals surface area contributed by atoms with Crippen LogP contribution >= 0.6 is 11.3 Å². The molecule has 122 valence electrons. The van der Waals surface area contributed by atoms with Crippen LogP contribution in [0.4, 0.5) is 0 Å². The minimum atomic E-state index is 0.0312. The Morgan fingerprint density at radius 1 is 1.21 bits per heavy atom. The van der Waals surface area contributed by atoms with Gasteiger partial charge in [0.25, 0.3) is 5.91 Å². The van der Waals surface area contributed by atoms with Gasteiger partial charge in [-0.05, 0) is 49.4 Å². The zero-order valence-electron chi connectivity index (χ0n) is 13.6. The molecule has 0 radical (unpaired) electrons. The second kappa shape index (κ2) is 6.24. The number of nitrogens with zero attached hydrogens (tertiary/aromatic N) is 3. The molecule has 1 unspecified atom stereocenters. The van der Waals surface area contributed by atoms with Gasteiger partial charge in [0.05, 0.1) is 11.7 Å². The lowest BCUT2D eigenvalue weighted by atomic mass is 10.2. The summed E-state index contributed by atoms with van der Waals surface area (Å²) in [5.41, 5.74) is 2.47. The van der Waals surface area contributed by atoms with Crippen LogP contribution in [-0.4, -0.2) is 27.1 Å². The Bertz CT molecular complexity index is 839. The van der Waals surface area contributed by atoms with E-state index in [9.17, 15) is 4.79 Å². The summed E-state index contributed by atoms with van der Waals surface area (Å²) < 4.78 is 1.84. The van der Waals surface area contributed by atoms with E-state index in [2.05, 4.69) is 22.6 Å². The highest BCUT2D eigenvalue weighted by molar-refractivity contribution is 7.10. The average molecular weight is 337 g/mol. The Hall–Kier alpha value is -2.40. The summed E-state index contributed by atoms with van der Waals surface area (Å²) in [5, 5.41) is 6.64. The highest BCUT2D eigenvalue weighted by atomic mass is 32.1. The first-order chi connectivity index (χ1) is 11.7. The summed E-state index contributed by atoms with van der Waals surface area (Å²) in [4.78, 5) is 16.2. The molecule has 24 heavy (non-hydrogen) atoms. The number of likely N-dealkylation sites (tertiary alicyclic amines) is 1. The third-order valence-corrected chi connectivity index (χ3v) is 5.47. The van der Waals surface area contributed by atoms with Crippen LogP contribution in [0.25, 0.3) is 5.69 Å². The van der Waals surface area contributed by atoms with Gasteiger partial charge < -0.3 is 4.90 Å². The number of carbonyl (C=O) groups is 1. The summed E-state index contributed by atoms with van der Waals surface area (Å²) in [6.45, 7) is 2.79. The van der Waals surface area contributed by atoms with Crippen LogP contribution in [0.5, 0.6) is 0 Å². The molecular weight excluding hydrogens is 318 g/mol. The fraction of sp³-hybridized carbons (Fsp3) is 0.263. The number of benzene rings is 1. The van der Waals surface area contributed by atoms with Crippen molar-refractivity contribution >= 4 is 17.2 Å². The Morgan fingerprint density at radius 3 is 2.79 bits per heavy atom. The Balaban J connectivity index is 1.63. The van der Waals surface area contributed by atoms with Crippen molar-refractivity contribution in [2.45, 2.75) is 25.8 Å². The second-order valence-electron chi connectivity index (χ2n) is 6.09. The van der Waals surface area contributed by atoms with Gasteiger partial charge in [0.1, 0.15) is 0 Å². The van der Waals surface area contributed by atoms with E-state index >= 15 is 0 Å². The zero-order chi connectivity index (χ0) is 16.5. The molecule has 4 rings (SSSR count). The molecule has 0 saturated carbocycles. The molecule has 1 aromatic carbocycles. The topological polar surface area (TPSA) is 38.1 Å². The highest BCUT2D eigenvalue weighted by Crippen LogP contribution is 2.35. The predicted octanol–water partition coefficient (Wildman–Crippen LogP) is 4.22. The minimum absolute atomic E-state index is 0.0312. The van der Waals surface area contributed by atoms with E-state index in [-0.39, 0.29) is 11.9 Å². The van der Waals surface area contributed by atoms with Gasteiger partial charge in [0.2, 0.25) is 0 Å². The summed E-state index contributed by atoms with van der Waals surface area (Å²) >= 11 is 1.72. The molecular formula is C19H19N3OS. The molecule has 3 aromatic rings. The van der Waals surface area contributed by atoms with Crippen molar-refractivity contribution in [2.24, 2.45) is 0 Å². The first-order valence-electron chi connectivity index (χ1n) is 8.20. The van der Waals surface area contributed by atoms with E-state index in [1.165, 1.54) is 4.88 Å². The standard InChI is InChI=1S/C19H19N3OS/c1-14-13-16(20-22(14)15-7-3-2-4-8-15)19(23)21-11-5-9-17(21)18-10-6-12-24-18/h2-4,6-8,10,12-13,17H,5,9,11H2,1H3. The average Bonchev–Trinajstić information content (AvgIpc) is 3.34. The normalized spacial score (nSPS) is 17.4. The van der Waals surface area contributed by atoms with Crippen LogP contribution in [0.1, 0.15) is 39.9 Å². The molecule has 5 heteroatoms. The lowest BCUT2D eigenvalue weighted by Gasteiger charge is -2.22. The maximum atomic E-state index is 13.0. The van der Waals surface area contributed by atoms with Crippen LogP contribution in [0.3, 0.4) is 0 Å². The summed E-state index contributed by atoms with van der Waals surface area (Å²) in [6, 6.07) is 16.2. The van der Waals surface area contributed by atoms with E-state index in [0.717, 1.165) is 30.8 Å². The molecule has 0 aliphatic carbocycles. The number of amides is 1. The van der Waals surface area contributed by atoms with Gasteiger partial charge >= 0.3 is 0 Å². The van der Waals surface area contributed by atoms with E-state index in [0.29, 0.717) is 5.69 Å². The van der Waals surface area contributed by atoms with Crippen LogP contribution in [-0.2, 0) is 0 Å². The quantitative estimate of drug-likeness (QED) is 0.718. The Morgan fingerprint density at radius 2 is 2.04 bits per heavy atom. The number of aryl methyl sites for hydroxylation is 1. The third kappa shape index (κ3) is 2.65. The van der Waals surface area contributed by atoms with E-state index < -0.39 is 0 Å². The summed E-state index contributed by atoms with van der Waals surface area (Å²) in [6.07, 6.45) is 2.08. The molecule has 0 spiro atoms. The van der Waals surface area contributed by atoms with Crippen molar-refractivity contribution in [3.05, 3.63) is 70.2 Å². The van der Waals surface area contributed by atoms with Gasteiger partial charge in [-0.15, -0.1) is 11.3 Å². The molecule has 4 nitrogen and oxygen atoms in total. The summed E-state index contributed by atoms with van der Waals surface area (Å²) in [5.74, 6) is 0.0312. The van der Waals surface area contributed by atoms with Gasteiger partial charge in [-0.3, -0.25) is 4.79 Å². The van der Waals surface area contributed by atoms with Gasteiger partial charge in [-0.25, -0.2) is 4.68 Å². The largest absolute Gasteiger partial charge is 0.329 e. The number of hydrogen-bond donors (Lipinski definition) is 0. The molecule has 0 N–H and O–H groups in total. The van der Waals surface area contributed by atoms with Crippen molar-refractivity contribution in [2.75, 3.05) is 6.54 Å². The van der Waals surface area contributed by atoms with Gasteiger partial charge in [-0.2, -0.15) is 5.10 Å². The summed E-state index contributed by atoms with van der Waals surface area (Å²) in [7, 11) is 0. The second-order valence-corrected chi connectivity index (χ2v) is 7.07. The molecule has 1 aliphatic rings. The molecule has 2 aromatic heterocycles. The molecule has 1 fully saturated rings. The van der Waals surface area contributed by atoms with Crippen LogP contribution in [0.2, 0.25) is 0 Å². The molecule has 0 bridgehead atoms. The van der Waals surface area contributed by atoms with Crippen molar-refractivity contribution < 1.29 is 4.79 Å². The number of para-hydroxylation sites is 1. The zero-order valence-corrected chi connectivity index (χ0v) is 14.4. The lowest BCUT2D eigenvalue weighted by molar-refractivity contribution is 0.0731. The predicted molar refractivity (Wildman–Crippen MR) is 95.6 cm³/mol. The molecule has 1 saturated heterocycles. The number of carbonyl (C=O) groups excluding carboxylic acids is 1. The molecule has 1 atom stereocenters. The first kappa shape index (κ1) is 15.1. The van der Waals surface area contributed by atoms with Crippen LogP contribution in [0, 0.1) is 6.92 Å². The molecule has 1 amide bonds. The highest BCUT2D eigenvalue weighted by Gasteiger charge is 2.32. The molecule has 3 heterocycles. The fourth-order valence-electron chi connectivity index (χ4n) is 3.34. The maximum Gasteiger partial charge on any atom is 0.274 e. The first-order valence-corrected chi connectivity index (χ1v) is 9.08. The number of rotatable bonds is 3. The number of thiophene rings is 1. The van der Waals surface area contributed by atoms with Gasteiger partial charge in [-0.1, -0.05) is 24.3 Å². The monoisotopic (exact) mass is 337 g/mol. The van der Waals surface area contributed by atoms with E-state index in [1.807, 2.05) is 52.9 Å². The Labute approximate surface area is 145 Å². The van der Waals surface area contributed by atoms with Crippen molar-refractivity contribution in [3.8, 4) is 5.69 Å². The van der Waals surface area contributed by atoms with Crippen LogP contribution in [0.15, 0.2) is 53.9 Å². The SMILES string of the molecule is Cc1cc(C(=O)N2CCCC2c2cccs2)nn1-c1ccccc1. The number of hydrogen-bond acceptors (Lipinski definition) is 3. The van der Waals surface area contributed by atoms with Crippen molar-refractivity contribution in [1.82, 2.24) is 14.7 Å². The molecule has 1 aliphatic heterocycles. The fourth-order valence-corrected chi connectivity index (χ4v) is 4.22. The van der Waals surface area contributed by atoms with Crippen molar-refractivity contribution in [3.63, 3.8) is 0 Å². The lowest BCUT2D eigenvalue weighted by Crippen LogP contribution is -2.30. The third-order valence-electron chi connectivity index (χ3n) is 4.49. The number of aromatic nitrogens is 2. The Kier molecular flexibility index (Phi) is 3.94. The van der Waals surface area contributed by atoms with Crippen molar-refractivity contribution in [1.29, 1.82) is 0 Å². The van der Waals surface area contributed by atoms with E-state index in [4.69, 9.17) is 0 Å².